The van der Waals surface area contributed by atoms with Gasteiger partial charge < -0.3 is 18.9 Å². The SMILES string of the molecule is CCn1c(COc2ccccc2OC)nnc1SCC(=O)N1CCCCC1. The van der Waals surface area contributed by atoms with Gasteiger partial charge in [0, 0.05) is 19.6 Å². The highest BCUT2D eigenvalue weighted by Crippen LogP contribution is 2.27. The molecular formula is C19H26N4O3S. The quantitative estimate of drug-likeness (QED) is 0.646. The van der Waals surface area contributed by atoms with Crippen molar-refractivity contribution in [3.8, 4) is 11.5 Å². The molecule has 2 heterocycles. The lowest BCUT2D eigenvalue weighted by Gasteiger charge is -2.26. The van der Waals surface area contributed by atoms with Crippen molar-refractivity contribution in [1.82, 2.24) is 19.7 Å². The largest absolute Gasteiger partial charge is 0.493 e. The zero-order chi connectivity index (χ0) is 19.1. The Labute approximate surface area is 164 Å². The van der Waals surface area contributed by atoms with Crippen molar-refractivity contribution in [3.05, 3.63) is 30.1 Å². The number of hydrogen-bond acceptors (Lipinski definition) is 6. The van der Waals surface area contributed by atoms with Crippen molar-refractivity contribution in [2.24, 2.45) is 0 Å². The van der Waals surface area contributed by atoms with Gasteiger partial charge in [-0.2, -0.15) is 0 Å². The molecule has 27 heavy (non-hydrogen) atoms. The number of amides is 1. The first-order chi connectivity index (χ1) is 13.2. The predicted molar refractivity (Wildman–Crippen MR) is 104 cm³/mol. The van der Waals surface area contributed by atoms with Gasteiger partial charge in [0.15, 0.2) is 22.5 Å². The number of nitrogens with zero attached hydrogens (tertiary/aromatic N) is 4. The first-order valence-electron chi connectivity index (χ1n) is 9.31. The molecule has 1 amide bonds. The molecule has 0 saturated carbocycles. The minimum atomic E-state index is 0.178. The minimum absolute atomic E-state index is 0.178. The number of hydrogen-bond donors (Lipinski definition) is 0. The minimum Gasteiger partial charge on any atom is -0.493 e. The van der Waals surface area contributed by atoms with Crippen LogP contribution in [0.2, 0.25) is 0 Å². The summed E-state index contributed by atoms with van der Waals surface area (Å²) in [6.45, 7) is 4.79. The molecule has 0 N–H and O–H groups in total. The maximum absolute atomic E-state index is 12.4. The molecule has 0 aliphatic carbocycles. The van der Waals surface area contributed by atoms with Gasteiger partial charge in [0.25, 0.3) is 0 Å². The molecule has 1 aliphatic rings. The molecule has 1 fully saturated rings. The lowest BCUT2D eigenvalue weighted by atomic mass is 10.1. The normalized spacial score (nSPS) is 14.2. The number of benzene rings is 1. The third-order valence-electron chi connectivity index (χ3n) is 4.57. The summed E-state index contributed by atoms with van der Waals surface area (Å²) in [6, 6.07) is 7.51. The summed E-state index contributed by atoms with van der Waals surface area (Å²) in [4.78, 5) is 14.3. The fourth-order valence-corrected chi connectivity index (χ4v) is 4.02. The Hall–Kier alpha value is -2.22. The molecule has 3 rings (SSSR count). The van der Waals surface area contributed by atoms with Crippen LogP contribution in [-0.4, -0.2) is 51.5 Å². The summed E-state index contributed by atoms with van der Waals surface area (Å²) in [5, 5.41) is 9.25. The molecule has 0 spiro atoms. The first kappa shape index (κ1) is 19.5. The topological polar surface area (TPSA) is 69.5 Å². The van der Waals surface area contributed by atoms with E-state index in [0.29, 0.717) is 23.9 Å². The van der Waals surface area contributed by atoms with Crippen molar-refractivity contribution in [2.45, 2.75) is 44.5 Å². The van der Waals surface area contributed by atoms with Crippen molar-refractivity contribution >= 4 is 17.7 Å². The van der Waals surface area contributed by atoms with Crippen LogP contribution in [0.4, 0.5) is 0 Å². The van der Waals surface area contributed by atoms with E-state index in [-0.39, 0.29) is 5.91 Å². The van der Waals surface area contributed by atoms with Crippen LogP contribution in [0.25, 0.3) is 0 Å². The van der Waals surface area contributed by atoms with E-state index >= 15 is 0 Å². The van der Waals surface area contributed by atoms with E-state index in [4.69, 9.17) is 9.47 Å². The average Bonchev–Trinajstić information content (AvgIpc) is 3.13. The van der Waals surface area contributed by atoms with Crippen molar-refractivity contribution < 1.29 is 14.3 Å². The molecule has 0 atom stereocenters. The van der Waals surface area contributed by atoms with Gasteiger partial charge in [-0.05, 0) is 38.3 Å². The van der Waals surface area contributed by atoms with Crippen molar-refractivity contribution in [3.63, 3.8) is 0 Å². The number of methoxy groups -OCH3 is 1. The van der Waals surface area contributed by atoms with E-state index in [0.717, 1.165) is 43.5 Å². The van der Waals surface area contributed by atoms with E-state index in [2.05, 4.69) is 10.2 Å². The third-order valence-corrected chi connectivity index (χ3v) is 5.52. The fourth-order valence-electron chi connectivity index (χ4n) is 3.09. The molecule has 146 valence electrons. The maximum Gasteiger partial charge on any atom is 0.233 e. The summed E-state index contributed by atoms with van der Waals surface area (Å²) < 4.78 is 13.2. The van der Waals surface area contributed by atoms with E-state index in [1.54, 1.807) is 7.11 Å². The summed E-state index contributed by atoms with van der Waals surface area (Å²) in [7, 11) is 1.62. The van der Waals surface area contributed by atoms with Crippen LogP contribution in [0.5, 0.6) is 11.5 Å². The maximum atomic E-state index is 12.4. The Morgan fingerprint density at radius 1 is 1.15 bits per heavy atom. The van der Waals surface area contributed by atoms with E-state index < -0.39 is 0 Å². The summed E-state index contributed by atoms with van der Waals surface area (Å²) in [5.74, 6) is 2.65. The second-order valence-corrected chi connectivity index (χ2v) is 7.26. The number of piperidine rings is 1. The zero-order valence-electron chi connectivity index (χ0n) is 15.9. The van der Waals surface area contributed by atoms with Gasteiger partial charge in [-0.15, -0.1) is 10.2 Å². The Morgan fingerprint density at radius 3 is 2.59 bits per heavy atom. The molecule has 0 unspecified atom stereocenters. The monoisotopic (exact) mass is 390 g/mol. The van der Waals surface area contributed by atoms with Gasteiger partial charge in [0.2, 0.25) is 5.91 Å². The van der Waals surface area contributed by atoms with E-state index in [1.165, 1.54) is 18.2 Å². The predicted octanol–water partition coefficient (Wildman–Crippen LogP) is 2.99. The van der Waals surface area contributed by atoms with Gasteiger partial charge in [-0.3, -0.25) is 4.79 Å². The number of para-hydroxylation sites is 2. The number of aromatic nitrogens is 3. The lowest BCUT2D eigenvalue weighted by molar-refractivity contribution is -0.129. The Morgan fingerprint density at radius 2 is 1.89 bits per heavy atom. The number of carbonyl (C=O) groups is 1. The molecule has 1 aromatic carbocycles. The highest BCUT2D eigenvalue weighted by Gasteiger charge is 2.19. The van der Waals surface area contributed by atoms with Crippen LogP contribution in [0.15, 0.2) is 29.4 Å². The van der Waals surface area contributed by atoms with Crippen LogP contribution in [0.3, 0.4) is 0 Å². The van der Waals surface area contributed by atoms with Crippen LogP contribution in [0.1, 0.15) is 32.0 Å². The molecule has 2 aromatic rings. The number of ether oxygens (including phenoxy) is 2. The number of thioether (sulfide) groups is 1. The van der Waals surface area contributed by atoms with Gasteiger partial charge in [-0.1, -0.05) is 23.9 Å². The summed E-state index contributed by atoms with van der Waals surface area (Å²) in [6.07, 6.45) is 3.43. The molecule has 1 aromatic heterocycles. The molecule has 1 aliphatic heterocycles. The number of likely N-dealkylation sites (tertiary alicyclic amines) is 1. The lowest BCUT2D eigenvalue weighted by Crippen LogP contribution is -2.36. The van der Waals surface area contributed by atoms with Gasteiger partial charge in [0.05, 0.1) is 12.9 Å². The molecular weight excluding hydrogens is 364 g/mol. The molecule has 1 saturated heterocycles. The molecule has 8 heteroatoms. The average molecular weight is 391 g/mol. The van der Waals surface area contributed by atoms with Crippen LogP contribution < -0.4 is 9.47 Å². The van der Waals surface area contributed by atoms with Gasteiger partial charge in [-0.25, -0.2) is 0 Å². The Balaban J connectivity index is 1.59. The first-order valence-corrected chi connectivity index (χ1v) is 10.3. The highest BCUT2D eigenvalue weighted by atomic mass is 32.2. The molecule has 7 nitrogen and oxygen atoms in total. The number of rotatable bonds is 8. The molecule has 0 radical (unpaired) electrons. The Kier molecular flexibility index (Phi) is 6.98. The second-order valence-electron chi connectivity index (χ2n) is 6.31. The standard InChI is InChI=1S/C19H26N4O3S/c1-3-23-17(13-26-16-10-6-5-9-15(16)25-2)20-21-19(23)27-14-18(24)22-11-7-4-8-12-22/h5-6,9-10H,3-4,7-8,11-14H2,1-2H3. The number of carbonyl (C=O) groups excluding carboxylic acids is 1. The van der Waals surface area contributed by atoms with Gasteiger partial charge >= 0.3 is 0 Å². The van der Waals surface area contributed by atoms with E-state index in [9.17, 15) is 4.79 Å². The summed E-state index contributed by atoms with van der Waals surface area (Å²) >= 11 is 1.44. The van der Waals surface area contributed by atoms with E-state index in [1.807, 2.05) is 40.7 Å². The van der Waals surface area contributed by atoms with Crippen LogP contribution in [0, 0.1) is 0 Å². The fraction of sp³-hybridized carbons (Fsp3) is 0.526. The van der Waals surface area contributed by atoms with Crippen LogP contribution >= 0.6 is 11.8 Å². The summed E-state index contributed by atoms with van der Waals surface area (Å²) in [5.41, 5.74) is 0. The second kappa shape index (κ2) is 9.64. The van der Waals surface area contributed by atoms with Crippen molar-refractivity contribution in [1.29, 1.82) is 0 Å². The Bertz CT molecular complexity index is 759. The van der Waals surface area contributed by atoms with Crippen molar-refractivity contribution in [2.75, 3.05) is 26.0 Å². The van der Waals surface area contributed by atoms with Gasteiger partial charge in [0.1, 0.15) is 6.61 Å². The zero-order valence-corrected chi connectivity index (χ0v) is 16.7. The highest BCUT2D eigenvalue weighted by molar-refractivity contribution is 7.99. The third kappa shape index (κ3) is 4.94. The van der Waals surface area contributed by atoms with Crippen LogP contribution in [-0.2, 0) is 17.9 Å². The molecule has 0 bridgehead atoms. The smallest absolute Gasteiger partial charge is 0.233 e.